The standard InChI is InChI=1S/C13H10FN/c14-13-9-5-4-6-11(13)10-15-12-7-2-1-3-8-12/h1-10H/b15-10-. The first kappa shape index (κ1) is 9.59. The Morgan fingerprint density at radius 2 is 1.53 bits per heavy atom. The van der Waals surface area contributed by atoms with Gasteiger partial charge in [0.2, 0.25) is 0 Å². The quantitative estimate of drug-likeness (QED) is 0.655. The van der Waals surface area contributed by atoms with E-state index < -0.39 is 0 Å². The predicted octanol–water partition coefficient (Wildman–Crippen LogP) is 3.58. The maximum absolute atomic E-state index is 13.2. The fraction of sp³-hybridized carbons (Fsp3) is 0. The Bertz CT molecular complexity index is 463. The van der Waals surface area contributed by atoms with Crippen molar-refractivity contribution in [3.63, 3.8) is 0 Å². The lowest BCUT2D eigenvalue weighted by atomic mass is 10.2. The van der Waals surface area contributed by atoms with Gasteiger partial charge >= 0.3 is 0 Å². The zero-order valence-corrected chi connectivity index (χ0v) is 8.10. The van der Waals surface area contributed by atoms with Crippen LogP contribution < -0.4 is 0 Å². The van der Waals surface area contributed by atoms with E-state index >= 15 is 0 Å². The molecule has 0 atom stereocenters. The van der Waals surface area contributed by atoms with Gasteiger partial charge in [0, 0.05) is 11.8 Å². The molecule has 0 spiro atoms. The third kappa shape index (κ3) is 2.50. The fourth-order valence-corrected chi connectivity index (χ4v) is 1.24. The van der Waals surface area contributed by atoms with E-state index in [0.717, 1.165) is 5.69 Å². The van der Waals surface area contributed by atoms with Gasteiger partial charge in [-0.2, -0.15) is 0 Å². The lowest BCUT2D eigenvalue weighted by Gasteiger charge is -1.95. The van der Waals surface area contributed by atoms with Crippen molar-refractivity contribution in [1.29, 1.82) is 0 Å². The molecule has 2 rings (SSSR count). The Labute approximate surface area is 87.9 Å². The van der Waals surface area contributed by atoms with Crippen LogP contribution in [0.15, 0.2) is 59.6 Å². The maximum atomic E-state index is 13.2. The van der Waals surface area contributed by atoms with Gasteiger partial charge in [-0.1, -0.05) is 36.4 Å². The Morgan fingerprint density at radius 1 is 0.867 bits per heavy atom. The van der Waals surface area contributed by atoms with Crippen molar-refractivity contribution in [3.05, 3.63) is 66.0 Å². The van der Waals surface area contributed by atoms with Crippen molar-refractivity contribution >= 4 is 11.9 Å². The van der Waals surface area contributed by atoms with E-state index in [0.29, 0.717) is 5.56 Å². The van der Waals surface area contributed by atoms with Gasteiger partial charge in [-0.15, -0.1) is 0 Å². The topological polar surface area (TPSA) is 12.4 Å². The van der Waals surface area contributed by atoms with Gasteiger partial charge in [0.05, 0.1) is 5.69 Å². The second kappa shape index (κ2) is 4.51. The SMILES string of the molecule is Fc1ccccc1/C=N\c1ccccc1. The van der Waals surface area contributed by atoms with Crippen molar-refractivity contribution in [3.8, 4) is 0 Å². The van der Waals surface area contributed by atoms with Crippen LogP contribution in [0.4, 0.5) is 10.1 Å². The van der Waals surface area contributed by atoms with Crippen molar-refractivity contribution < 1.29 is 4.39 Å². The first-order valence-electron chi connectivity index (χ1n) is 4.70. The summed E-state index contributed by atoms with van der Waals surface area (Å²) in [6.45, 7) is 0. The highest BCUT2D eigenvalue weighted by molar-refractivity contribution is 5.82. The minimum atomic E-state index is -0.253. The molecule has 0 fully saturated rings. The normalized spacial score (nSPS) is 10.7. The predicted molar refractivity (Wildman–Crippen MR) is 60.1 cm³/mol. The van der Waals surface area contributed by atoms with Gasteiger partial charge in [0.25, 0.3) is 0 Å². The monoisotopic (exact) mass is 199 g/mol. The summed E-state index contributed by atoms with van der Waals surface area (Å²) in [5, 5.41) is 0. The van der Waals surface area contributed by atoms with Crippen molar-refractivity contribution in [1.82, 2.24) is 0 Å². The molecule has 0 N–H and O–H groups in total. The molecule has 1 nitrogen and oxygen atoms in total. The molecule has 0 aliphatic rings. The number of para-hydroxylation sites is 1. The number of nitrogens with zero attached hydrogens (tertiary/aromatic N) is 1. The number of hydrogen-bond donors (Lipinski definition) is 0. The third-order valence-electron chi connectivity index (χ3n) is 2.01. The molecule has 0 saturated carbocycles. The number of halogens is 1. The van der Waals surface area contributed by atoms with E-state index in [1.807, 2.05) is 30.3 Å². The maximum Gasteiger partial charge on any atom is 0.131 e. The van der Waals surface area contributed by atoms with Crippen LogP contribution >= 0.6 is 0 Å². The highest BCUT2D eigenvalue weighted by atomic mass is 19.1. The molecule has 2 aromatic carbocycles. The van der Waals surface area contributed by atoms with Crippen LogP contribution in [0.5, 0.6) is 0 Å². The van der Waals surface area contributed by atoms with Crippen molar-refractivity contribution in [2.24, 2.45) is 4.99 Å². The Morgan fingerprint density at radius 3 is 2.27 bits per heavy atom. The zero-order chi connectivity index (χ0) is 10.5. The zero-order valence-electron chi connectivity index (χ0n) is 8.10. The minimum Gasteiger partial charge on any atom is -0.256 e. The molecule has 0 amide bonds. The van der Waals surface area contributed by atoms with E-state index in [-0.39, 0.29) is 5.82 Å². The number of benzene rings is 2. The number of hydrogen-bond acceptors (Lipinski definition) is 1. The molecule has 0 bridgehead atoms. The summed E-state index contributed by atoms with van der Waals surface area (Å²) in [6.07, 6.45) is 1.53. The van der Waals surface area contributed by atoms with Crippen molar-refractivity contribution in [2.45, 2.75) is 0 Å². The van der Waals surface area contributed by atoms with Crippen LogP contribution in [0.3, 0.4) is 0 Å². The number of rotatable bonds is 2. The van der Waals surface area contributed by atoms with E-state index in [1.165, 1.54) is 12.3 Å². The Hall–Kier alpha value is -1.96. The summed E-state index contributed by atoms with van der Waals surface area (Å²) in [5.41, 5.74) is 1.32. The lowest BCUT2D eigenvalue weighted by Crippen LogP contribution is -1.85. The van der Waals surface area contributed by atoms with Gasteiger partial charge < -0.3 is 0 Å². The highest BCUT2D eigenvalue weighted by Gasteiger charge is 1.95. The third-order valence-corrected chi connectivity index (χ3v) is 2.01. The summed E-state index contributed by atoms with van der Waals surface area (Å²) in [7, 11) is 0. The average Bonchev–Trinajstić information content (AvgIpc) is 2.29. The molecule has 15 heavy (non-hydrogen) atoms. The largest absolute Gasteiger partial charge is 0.256 e. The summed E-state index contributed by atoms with van der Waals surface area (Å²) in [5.74, 6) is -0.253. The molecular formula is C13H10FN. The van der Waals surface area contributed by atoms with Crippen LogP contribution in [0.25, 0.3) is 0 Å². The summed E-state index contributed by atoms with van der Waals surface area (Å²) in [4.78, 5) is 4.17. The molecule has 2 heteroatoms. The van der Waals surface area contributed by atoms with Crippen molar-refractivity contribution in [2.75, 3.05) is 0 Å². The molecule has 74 valence electrons. The lowest BCUT2D eigenvalue weighted by molar-refractivity contribution is 0.626. The van der Waals surface area contributed by atoms with Gasteiger partial charge in [0.1, 0.15) is 5.82 Å². The van der Waals surface area contributed by atoms with E-state index in [1.54, 1.807) is 18.2 Å². The highest BCUT2D eigenvalue weighted by Crippen LogP contribution is 2.10. The molecule has 0 heterocycles. The minimum absolute atomic E-state index is 0.253. The van der Waals surface area contributed by atoms with Crippen LogP contribution in [-0.2, 0) is 0 Å². The summed E-state index contributed by atoms with van der Waals surface area (Å²) in [6, 6.07) is 16.0. The molecule has 0 aliphatic carbocycles. The van der Waals surface area contributed by atoms with Crippen LogP contribution in [-0.4, -0.2) is 6.21 Å². The number of aliphatic imine (C=N–C) groups is 1. The van der Waals surface area contributed by atoms with E-state index in [2.05, 4.69) is 4.99 Å². The Kier molecular flexibility index (Phi) is 2.88. The summed E-state index contributed by atoms with van der Waals surface area (Å²) < 4.78 is 13.2. The second-order valence-corrected chi connectivity index (χ2v) is 3.12. The van der Waals surface area contributed by atoms with Gasteiger partial charge in [-0.05, 0) is 18.2 Å². The molecule has 0 radical (unpaired) electrons. The smallest absolute Gasteiger partial charge is 0.131 e. The Balaban J connectivity index is 2.23. The van der Waals surface area contributed by atoms with Gasteiger partial charge in [-0.3, -0.25) is 4.99 Å². The van der Waals surface area contributed by atoms with Crippen LogP contribution in [0.1, 0.15) is 5.56 Å². The first-order valence-corrected chi connectivity index (χ1v) is 4.70. The molecule has 0 unspecified atom stereocenters. The fourth-order valence-electron chi connectivity index (χ4n) is 1.24. The van der Waals surface area contributed by atoms with E-state index in [4.69, 9.17) is 0 Å². The van der Waals surface area contributed by atoms with Crippen LogP contribution in [0.2, 0.25) is 0 Å². The molecule has 0 aliphatic heterocycles. The average molecular weight is 199 g/mol. The van der Waals surface area contributed by atoms with Crippen LogP contribution in [0, 0.1) is 5.82 Å². The first-order chi connectivity index (χ1) is 7.36. The van der Waals surface area contributed by atoms with E-state index in [9.17, 15) is 4.39 Å². The second-order valence-electron chi connectivity index (χ2n) is 3.12. The molecule has 0 aromatic heterocycles. The molecular weight excluding hydrogens is 189 g/mol. The molecule has 0 saturated heterocycles. The molecule has 2 aromatic rings. The van der Waals surface area contributed by atoms with Gasteiger partial charge in [0.15, 0.2) is 0 Å². The summed E-state index contributed by atoms with van der Waals surface area (Å²) >= 11 is 0. The van der Waals surface area contributed by atoms with Gasteiger partial charge in [-0.25, -0.2) is 4.39 Å².